The van der Waals surface area contributed by atoms with E-state index in [-0.39, 0.29) is 0 Å². The predicted molar refractivity (Wildman–Crippen MR) is 81.1 cm³/mol. The van der Waals surface area contributed by atoms with Gasteiger partial charge in [0.1, 0.15) is 0 Å². The van der Waals surface area contributed by atoms with Crippen molar-refractivity contribution in [3.05, 3.63) is 35.9 Å². The van der Waals surface area contributed by atoms with Crippen molar-refractivity contribution in [1.29, 1.82) is 0 Å². The second-order valence-electron chi connectivity index (χ2n) is 4.27. The van der Waals surface area contributed by atoms with Gasteiger partial charge in [-0.15, -0.1) is 0 Å². The van der Waals surface area contributed by atoms with Crippen molar-refractivity contribution >= 4 is 15.9 Å². The molecule has 0 aliphatic heterocycles. The Hall–Kier alpha value is -0.420. The number of hydrogen-bond acceptors (Lipinski definition) is 3. The minimum Gasteiger partial charge on any atom is -0.382 e. The highest BCUT2D eigenvalue weighted by molar-refractivity contribution is 9.09. The Morgan fingerprint density at radius 1 is 0.947 bits per heavy atom. The lowest BCUT2D eigenvalue weighted by atomic mass is 9.98. The molecule has 1 atom stereocenters. The standard InChI is InChI=1S/C15H23BrO3/c1-17-9-10-19-12-11-18-8-7-15(13-16)14-5-3-2-4-6-14/h2-6,15H,7-13H2,1H3. The second kappa shape index (κ2) is 11.4. The van der Waals surface area contributed by atoms with Crippen LogP contribution < -0.4 is 0 Å². The van der Waals surface area contributed by atoms with Crippen molar-refractivity contribution in [2.75, 3.05) is 45.5 Å². The molecule has 1 unspecified atom stereocenters. The maximum absolute atomic E-state index is 5.58. The second-order valence-corrected chi connectivity index (χ2v) is 4.92. The quantitative estimate of drug-likeness (QED) is 0.460. The molecule has 0 fully saturated rings. The molecule has 0 aromatic heterocycles. The number of hydrogen-bond donors (Lipinski definition) is 0. The van der Waals surface area contributed by atoms with Crippen molar-refractivity contribution in [2.24, 2.45) is 0 Å². The molecule has 0 aliphatic rings. The van der Waals surface area contributed by atoms with Gasteiger partial charge in [-0.3, -0.25) is 0 Å². The monoisotopic (exact) mass is 330 g/mol. The molecule has 19 heavy (non-hydrogen) atoms. The number of ether oxygens (including phenoxy) is 3. The molecule has 0 spiro atoms. The van der Waals surface area contributed by atoms with E-state index in [4.69, 9.17) is 14.2 Å². The molecule has 108 valence electrons. The van der Waals surface area contributed by atoms with E-state index in [0.29, 0.717) is 32.3 Å². The summed E-state index contributed by atoms with van der Waals surface area (Å²) in [5.74, 6) is 0.510. The van der Waals surface area contributed by atoms with Crippen molar-refractivity contribution in [2.45, 2.75) is 12.3 Å². The molecule has 0 amide bonds. The van der Waals surface area contributed by atoms with E-state index in [9.17, 15) is 0 Å². The molecule has 0 bridgehead atoms. The minimum absolute atomic E-state index is 0.510. The fraction of sp³-hybridized carbons (Fsp3) is 0.600. The predicted octanol–water partition coefficient (Wildman–Crippen LogP) is 3.23. The zero-order chi connectivity index (χ0) is 13.8. The molecule has 1 aromatic carbocycles. The van der Waals surface area contributed by atoms with Gasteiger partial charge in [0.25, 0.3) is 0 Å². The van der Waals surface area contributed by atoms with E-state index in [0.717, 1.165) is 18.4 Å². The van der Waals surface area contributed by atoms with Crippen LogP contribution in [0.3, 0.4) is 0 Å². The van der Waals surface area contributed by atoms with Crippen molar-refractivity contribution in [3.8, 4) is 0 Å². The first-order valence-electron chi connectivity index (χ1n) is 6.63. The summed E-state index contributed by atoms with van der Waals surface area (Å²) in [4.78, 5) is 0. The van der Waals surface area contributed by atoms with Crippen LogP contribution in [0, 0.1) is 0 Å². The highest BCUT2D eigenvalue weighted by Crippen LogP contribution is 2.21. The molecule has 0 aliphatic carbocycles. The fourth-order valence-corrected chi connectivity index (χ4v) is 2.45. The summed E-state index contributed by atoms with van der Waals surface area (Å²) in [6.07, 6.45) is 1.02. The summed E-state index contributed by atoms with van der Waals surface area (Å²) in [6, 6.07) is 10.5. The third-order valence-electron chi connectivity index (χ3n) is 2.87. The van der Waals surface area contributed by atoms with E-state index >= 15 is 0 Å². The van der Waals surface area contributed by atoms with Crippen LogP contribution in [0.4, 0.5) is 0 Å². The lowest BCUT2D eigenvalue weighted by molar-refractivity contribution is 0.0236. The number of benzene rings is 1. The van der Waals surface area contributed by atoms with Crippen LogP contribution >= 0.6 is 15.9 Å². The molecule has 1 aromatic rings. The summed E-state index contributed by atoms with van der Waals surface area (Å²) < 4.78 is 15.8. The van der Waals surface area contributed by atoms with Gasteiger partial charge >= 0.3 is 0 Å². The molecule has 4 heteroatoms. The van der Waals surface area contributed by atoms with E-state index in [2.05, 4.69) is 40.2 Å². The molecule has 1 rings (SSSR count). The van der Waals surface area contributed by atoms with Gasteiger partial charge in [0.2, 0.25) is 0 Å². The molecule has 0 N–H and O–H groups in total. The number of rotatable bonds is 11. The van der Waals surface area contributed by atoms with Gasteiger partial charge in [-0.1, -0.05) is 46.3 Å². The first-order valence-corrected chi connectivity index (χ1v) is 7.76. The minimum atomic E-state index is 0.510. The van der Waals surface area contributed by atoms with Crippen LogP contribution in [0.25, 0.3) is 0 Å². The lowest BCUT2D eigenvalue weighted by Crippen LogP contribution is -2.11. The Morgan fingerprint density at radius 3 is 2.21 bits per heavy atom. The summed E-state index contributed by atoms with van der Waals surface area (Å²) in [7, 11) is 1.67. The SMILES string of the molecule is COCCOCCOCCC(CBr)c1ccccc1. The van der Waals surface area contributed by atoms with Crippen LogP contribution in [-0.2, 0) is 14.2 Å². The van der Waals surface area contributed by atoms with Gasteiger partial charge in [0.05, 0.1) is 26.4 Å². The topological polar surface area (TPSA) is 27.7 Å². The Balaban J connectivity index is 2.07. The van der Waals surface area contributed by atoms with E-state index < -0.39 is 0 Å². The molecular weight excluding hydrogens is 308 g/mol. The highest BCUT2D eigenvalue weighted by Gasteiger charge is 2.09. The first kappa shape index (κ1) is 16.6. The number of alkyl halides is 1. The van der Waals surface area contributed by atoms with Gasteiger partial charge in [0, 0.05) is 19.0 Å². The Kier molecular flexibility index (Phi) is 9.99. The van der Waals surface area contributed by atoms with E-state index in [1.165, 1.54) is 5.56 Å². The third-order valence-corrected chi connectivity index (χ3v) is 3.65. The summed E-state index contributed by atoms with van der Waals surface area (Å²) in [5, 5.41) is 0.963. The van der Waals surface area contributed by atoms with Crippen LogP contribution in [0.1, 0.15) is 17.9 Å². The molecular formula is C15H23BrO3. The lowest BCUT2D eigenvalue weighted by Gasteiger charge is -2.14. The number of halogens is 1. The van der Waals surface area contributed by atoms with Crippen molar-refractivity contribution in [3.63, 3.8) is 0 Å². The van der Waals surface area contributed by atoms with Gasteiger partial charge in [0.15, 0.2) is 0 Å². The van der Waals surface area contributed by atoms with Crippen LogP contribution in [0.5, 0.6) is 0 Å². The van der Waals surface area contributed by atoms with Crippen LogP contribution in [-0.4, -0.2) is 45.5 Å². The highest BCUT2D eigenvalue weighted by atomic mass is 79.9. The normalized spacial score (nSPS) is 12.5. The fourth-order valence-electron chi connectivity index (χ4n) is 1.75. The molecule has 0 saturated carbocycles. The maximum Gasteiger partial charge on any atom is 0.0701 e. The molecule has 0 saturated heterocycles. The third kappa shape index (κ3) is 7.67. The molecule has 0 heterocycles. The zero-order valence-electron chi connectivity index (χ0n) is 11.5. The summed E-state index contributed by atoms with van der Waals surface area (Å²) >= 11 is 3.57. The zero-order valence-corrected chi connectivity index (χ0v) is 13.1. The molecule has 3 nitrogen and oxygen atoms in total. The van der Waals surface area contributed by atoms with Gasteiger partial charge in [-0.05, 0) is 17.9 Å². The van der Waals surface area contributed by atoms with Gasteiger partial charge in [-0.2, -0.15) is 0 Å². The average molecular weight is 331 g/mol. The Bertz CT molecular complexity index is 306. The van der Waals surface area contributed by atoms with E-state index in [1.54, 1.807) is 7.11 Å². The first-order chi connectivity index (χ1) is 9.38. The Labute approximate surface area is 124 Å². The smallest absolute Gasteiger partial charge is 0.0701 e. The van der Waals surface area contributed by atoms with Gasteiger partial charge in [-0.25, -0.2) is 0 Å². The van der Waals surface area contributed by atoms with Crippen LogP contribution in [0.2, 0.25) is 0 Å². The summed E-state index contributed by atoms with van der Waals surface area (Å²) in [5.41, 5.74) is 1.36. The average Bonchev–Trinajstić information content (AvgIpc) is 2.47. The maximum atomic E-state index is 5.58. The Morgan fingerprint density at radius 2 is 1.58 bits per heavy atom. The summed E-state index contributed by atoms with van der Waals surface area (Å²) in [6.45, 7) is 3.31. The number of methoxy groups -OCH3 is 1. The van der Waals surface area contributed by atoms with Gasteiger partial charge < -0.3 is 14.2 Å². The van der Waals surface area contributed by atoms with Crippen molar-refractivity contribution in [1.82, 2.24) is 0 Å². The van der Waals surface area contributed by atoms with Crippen molar-refractivity contribution < 1.29 is 14.2 Å². The van der Waals surface area contributed by atoms with E-state index in [1.807, 2.05) is 6.07 Å². The largest absolute Gasteiger partial charge is 0.382 e. The molecule has 0 radical (unpaired) electrons. The van der Waals surface area contributed by atoms with Crippen LogP contribution in [0.15, 0.2) is 30.3 Å².